The third kappa shape index (κ3) is 5.56. The smallest absolute Gasteiger partial charge is 0.216 e. The van der Waals surface area contributed by atoms with E-state index < -0.39 is 0 Å². The zero-order valence-electron chi connectivity index (χ0n) is 18.7. The van der Waals surface area contributed by atoms with Crippen LogP contribution < -0.4 is 5.32 Å². The van der Waals surface area contributed by atoms with E-state index in [-0.39, 0.29) is 30.1 Å². The lowest BCUT2D eigenvalue weighted by atomic mass is 10.1. The molecule has 1 aromatic carbocycles. The number of benzene rings is 1. The van der Waals surface area contributed by atoms with E-state index in [0.717, 1.165) is 44.6 Å². The van der Waals surface area contributed by atoms with Crippen LogP contribution in [0.1, 0.15) is 11.4 Å². The quantitative estimate of drug-likeness (QED) is 0.270. The summed E-state index contributed by atoms with van der Waals surface area (Å²) in [6.45, 7) is 5.15. The lowest BCUT2D eigenvalue weighted by molar-refractivity contribution is -0.0502. The van der Waals surface area contributed by atoms with Crippen molar-refractivity contribution in [2.75, 3.05) is 39.8 Å². The molecule has 0 amide bonds. The van der Waals surface area contributed by atoms with Gasteiger partial charge in [-0.1, -0.05) is 30.3 Å². The number of hydrogen-bond acceptors (Lipinski definition) is 6. The molecule has 0 spiro atoms. The molecule has 2 fully saturated rings. The van der Waals surface area contributed by atoms with E-state index in [1.165, 1.54) is 5.56 Å². The molecule has 0 radical (unpaired) electrons. The summed E-state index contributed by atoms with van der Waals surface area (Å²) < 4.78 is 11.5. The Morgan fingerprint density at radius 2 is 2.09 bits per heavy atom. The van der Waals surface area contributed by atoms with E-state index in [0.29, 0.717) is 30.6 Å². The zero-order valence-corrected chi connectivity index (χ0v) is 21.0. The van der Waals surface area contributed by atoms with Gasteiger partial charge in [0, 0.05) is 46.2 Å². The molecule has 2 unspecified atom stereocenters. The van der Waals surface area contributed by atoms with Crippen LogP contribution in [0.4, 0.5) is 0 Å². The standard InChI is InChI=1S/C23H29N7O2.HI/c1-24-23(25-10-9-21-26-22(28-27-21)19-8-5-12-31-19)30-15-18-20(16-30)32-13-11-29(18)14-17-6-3-2-4-7-17;/h2-8,12,18,20H,9-11,13-16H2,1H3,(H,24,25)(H,26,27,28);1H. The minimum Gasteiger partial charge on any atom is -0.461 e. The van der Waals surface area contributed by atoms with Crippen LogP contribution in [0.2, 0.25) is 0 Å². The van der Waals surface area contributed by atoms with Crippen molar-refractivity contribution in [1.82, 2.24) is 30.3 Å². The molecule has 0 saturated carbocycles. The summed E-state index contributed by atoms with van der Waals surface area (Å²) in [5.74, 6) is 2.95. The van der Waals surface area contributed by atoms with Crippen LogP contribution in [-0.2, 0) is 17.7 Å². The Bertz CT molecular complexity index is 1020. The number of rotatable bonds is 6. The van der Waals surface area contributed by atoms with Gasteiger partial charge in [-0.05, 0) is 17.7 Å². The van der Waals surface area contributed by atoms with Crippen molar-refractivity contribution in [3.05, 3.63) is 60.1 Å². The molecule has 2 N–H and O–H groups in total. The first kappa shape index (κ1) is 23.7. The molecule has 2 aliphatic rings. The maximum absolute atomic E-state index is 6.11. The van der Waals surface area contributed by atoms with E-state index in [1.54, 1.807) is 6.26 Å². The van der Waals surface area contributed by atoms with Crippen LogP contribution >= 0.6 is 24.0 Å². The molecule has 2 saturated heterocycles. The largest absolute Gasteiger partial charge is 0.461 e. The van der Waals surface area contributed by atoms with Gasteiger partial charge in [-0.25, -0.2) is 4.98 Å². The first-order valence-electron chi connectivity index (χ1n) is 11.1. The van der Waals surface area contributed by atoms with E-state index >= 15 is 0 Å². The molecule has 9 nitrogen and oxygen atoms in total. The number of likely N-dealkylation sites (tertiary alicyclic amines) is 1. The Hall–Kier alpha value is -2.44. The Kier molecular flexibility index (Phi) is 7.99. The molecule has 3 aromatic rings. The van der Waals surface area contributed by atoms with Gasteiger partial charge in [0.05, 0.1) is 25.0 Å². The number of aliphatic imine (C=N–C) groups is 1. The number of H-pyrrole nitrogens is 1. The number of nitrogens with one attached hydrogen (secondary N) is 2. The molecule has 2 aliphatic heterocycles. The maximum Gasteiger partial charge on any atom is 0.216 e. The van der Waals surface area contributed by atoms with Gasteiger partial charge < -0.3 is 19.4 Å². The number of furan rings is 1. The van der Waals surface area contributed by atoms with Crippen LogP contribution in [0, 0.1) is 0 Å². The third-order valence-electron chi connectivity index (χ3n) is 6.07. The Morgan fingerprint density at radius 3 is 2.88 bits per heavy atom. The van der Waals surface area contributed by atoms with Crippen molar-refractivity contribution in [1.29, 1.82) is 0 Å². The highest BCUT2D eigenvalue weighted by atomic mass is 127. The highest BCUT2D eigenvalue weighted by molar-refractivity contribution is 14.0. The van der Waals surface area contributed by atoms with E-state index in [1.807, 2.05) is 19.2 Å². The average molecular weight is 563 g/mol. The number of aromatic nitrogens is 3. The highest BCUT2D eigenvalue weighted by Gasteiger charge is 2.41. The second kappa shape index (κ2) is 11.1. The van der Waals surface area contributed by atoms with Crippen molar-refractivity contribution >= 4 is 29.9 Å². The van der Waals surface area contributed by atoms with Gasteiger partial charge in [0.25, 0.3) is 0 Å². The third-order valence-corrected chi connectivity index (χ3v) is 6.07. The van der Waals surface area contributed by atoms with Crippen molar-refractivity contribution in [3.8, 4) is 11.6 Å². The molecule has 33 heavy (non-hydrogen) atoms. The predicted octanol–water partition coefficient (Wildman–Crippen LogP) is 2.39. The molecule has 10 heteroatoms. The number of hydrogen-bond donors (Lipinski definition) is 2. The zero-order chi connectivity index (χ0) is 21.8. The van der Waals surface area contributed by atoms with E-state index in [2.05, 4.69) is 65.6 Å². The molecule has 5 rings (SSSR count). The summed E-state index contributed by atoms with van der Waals surface area (Å²) in [7, 11) is 1.83. The van der Waals surface area contributed by atoms with Crippen molar-refractivity contribution < 1.29 is 9.15 Å². The topological polar surface area (TPSA) is 94.8 Å². The number of guanidine groups is 1. The summed E-state index contributed by atoms with van der Waals surface area (Å²) in [6.07, 6.45) is 2.54. The van der Waals surface area contributed by atoms with Crippen LogP contribution in [0.5, 0.6) is 0 Å². The minimum atomic E-state index is 0. The monoisotopic (exact) mass is 563 g/mol. The Morgan fingerprint density at radius 1 is 1.21 bits per heavy atom. The molecule has 2 aromatic heterocycles. The summed E-state index contributed by atoms with van der Waals surface area (Å²) in [5, 5.41) is 10.7. The number of ether oxygens (including phenoxy) is 1. The van der Waals surface area contributed by atoms with E-state index in [9.17, 15) is 0 Å². The summed E-state index contributed by atoms with van der Waals surface area (Å²) in [6, 6.07) is 14.7. The van der Waals surface area contributed by atoms with Crippen molar-refractivity contribution in [3.63, 3.8) is 0 Å². The lowest BCUT2D eigenvalue weighted by Crippen LogP contribution is -2.50. The predicted molar refractivity (Wildman–Crippen MR) is 137 cm³/mol. The second-order valence-corrected chi connectivity index (χ2v) is 8.14. The normalized spacial score (nSPS) is 21.0. The summed E-state index contributed by atoms with van der Waals surface area (Å²) >= 11 is 0. The first-order valence-corrected chi connectivity index (χ1v) is 11.1. The number of aromatic amines is 1. The number of fused-ring (bicyclic) bond motifs is 1. The maximum atomic E-state index is 6.11. The van der Waals surface area contributed by atoms with Crippen LogP contribution in [-0.4, -0.2) is 82.9 Å². The van der Waals surface area contributed by atoms with Crippen molar-refractivity contribution in [2.45, 2.75) is 25.1 Å². The Labute approximate surface area is 210 Å². The highest BCUT2D eigenvalue weighted by Crippen LogP contribution is 2.24. The fraction of sp³-hybridized carbons (Fsp3) is 0.435. The van der Waals surface area contributed by atoms with Crippen LogP contribution in [0.3, 0.4) is 0 Å². The van der Waals surface area contributed by atoms with Gasteiger partial charge in [-0.15, -0.1) is 24.0 Å². The summed E-state index contributed by atoms with van der Waals surface area (Å²) in [5.41, 5.74) is 1.34. The van der Waals surface area contributed by atoms with E-state index in [4.69, 9.17) is 9.15 Å². The SMILES string of the molecule is CN=C(NCCc1nc(-c2ccco2)n[nH]1)N1CC2OCCN(Cc3ccccc3)C2C1.I. The number of morpholine rings is 1. The molecule has 4 heterocycles. The molecular weight excluding hydrogens is 533 g/mol. The molecular formula is C23H30IN7O2. The Balaban J connectivity index is 0.00000259. The van der Waals surface area contributed by atoms with Gasteiger partial charge in [0.1, 0.15) is 5.82 Å². The van der Waals surface area contributed by atoms with Gasteiger partial charge in [0.15, 0.2) is 11.7 Å². The van der Waals surface area contributed by atoms with Gasteiger partial charge in [-0.2, -0.15) is 5.10 Å². The fourth-order valence-corrected chi connectivity index (χ4v) is 4.49. The molecule has 176 valence electrons. The van der Waals surface area contributed by atoms with Gasteiger partial charge in [-0.3, -0.25) is 15.0 Å². The van der Waals surface area contributed by atoms with Crippen LogP contribution in [0.25, 0.3) is 11.6 Å². The van der Waals surface area contributed by atoms with Gasteiger partial charge >= 0.3 is 0 Å². The second-order valence-electron chi connectivity index (χ2n) is 8.14. The minimum absolute atomic E-state index is 0. The number of nitrogens with zero attached hydrogens (tertiary/aromatic N) is 5. The van der Waals surface area contributed by atoms with Crippen molar-refractivity contribution in [2.24, 2.45) is 4.99 Å². The molecule has 0 aliphatic carbocycles. The lowest BCUT2D eigenvalue weighted by Gasteiger charge is -2.36. The first-order chi connectivity index (χ1) is 15.8. The fourth-order valence-electron chi connectivity index (χ4n) is 4.49. The van der Waals surface area contributed by atoms with Gasteiger partial charge in [0.2, 0.25) is 5.82 Å². The van der Waals surface area contributed by atoms with Crippen LogP contribution in [0.15, 0.2) is 58.1 Å². The molecule has 2 atom stereocenters. The summed E-state index contributed by atoms with van der Waals surface area (Å²) in [4.78, 5) is 13.9. The average Bonchev–Trinajstić information content (AvgIpc) is 3.58. The number of halogens is 1. The molecule has 0 bridgehead atoms.